The summed E-state index contributed by atoms with van der Waals surface area (Å²) in [5.41, 5.74) is 4.67. The molecule has 0 atom stereocenters. The van der Waals surface area contributed by atoms with E-state index in [0.717, 1.165) is 24.4 Å². The molecular formula is C27H27InN4O. The van der Waals surface area contributed by atoms with Gasteiger partial charge in [0, 0.05) is 23.6 Å². The van der Waals surface area contributed by atoms with Crippen molar-refractivity contribution in [2.24, 2.45) is 0 Å². The number of ether oxygens (including phenoxy) is 1. The van der Waals surface area contributed by atoms with Crippen LogP contribution in [0.5, 0.6) is 5.75 Å². The summed E-state index contributed by atoms with van der Waals surface area (Å²) < 4.78 is 11.1. The molecule has 0 bridgehead atoms. The molecule has 1 aliphatic heterocycles. The first-order valence-corrected chi connectivity index (χ1v) is 17.4. The van der Waals surface area contributed by atoms with Gasteiger partial charge in [0.2, 0.25) is 0 Å². The van der Waals surface area contributed by atoms with Crippen LogP contribution in [0.15, 0.2) is 77.2 Å². The van der Waals surface area contributed by atoms with Crippen LogP contribution in [0, 0.1) is 0 Å². The molecule has 0 spiro atoms. The summed E-state index contributed by atoms with van der Waals surface area (Å²) in [5, 5.41) is 4.72. The number of pyridine rings is 2. The van der Waals surface area contributed by atoms with E-state index in [0.29, 0.717) is 6.61 Å². The van der Waals surface area contributed by atoms with Gasteiger partial charge >= 0.3 is 144 Å². The minimum atomic E-state index is -1.72. The summed E-state index contributed by atoms with van der Waals surface area (Å²) in [6.45, 7) is 2.16. The van der Waals surface area contributed by atoms with Gasteiger partial charge in [0.15, 0.2) is 0 Å². The Balaban J connectivity index is 1.12. The van der Waals surface area contributed by atoms with Gasteiger partial charge in [0.05, 0.1) is 0 Å². The van der Waals surface area contributed by atoms with Crippen LogP contribution in [-0.2, 0) is 6.54 Å². The summed E-state index contributed by atoms with van der Waals surface area (Å²) >= 11 is -1.72. The van der Waals surface area contributed by atoms with Gasteiger partial charge in [-0.2, -0.15) is 0 Å². The molecule has 2 N–H and O–H groups in total. The van der Waals surface area contributed by atoms with Gasteiger partial charge in [-0.15, -0.1) is 0 Å². The quantitative estimate of drug-likeness (QED) is 0.309. The second kappa shape index (κ2) is 10.9. The first kappa shape index (κ1) is 22.0. The van der Waals surface area contributed by atoms with Crippen molar-refractivity contribution in [1.29, 1.82) is 0 Å². The number of hydrogen-bond donors (Lipinski definition) is 2. The number of allylic oxidation sites excluding steroid dienone is 1. The number of fused-ring (bicyclic) bond motifs is 1. The molecule has 33 heavy (non-hydrogen) atoms. The molecule has 6 heteroatoms. The van der Waals surface area contributed by atoms with Gasteiger partial charge in [0.25, 0.3) is 0 Å². The second-order valence-corrected chi connectivity index (χ2v) is 16.2. The standard InChI is InChI=1S/C23H21N4O.C4H6.In/c1-2-4-23-22(3-1)20(16-27-23)15-25-11-12-28-21-13-19(14-26-17-21)6-5-18-7-9-24-10-8-18;1-3-4-2;/h1-9,13-14,16-17,25,27H,11-12,15H2;1,3H,2,4H2;/b6-5+;;. The molecule has 0 radical (unpaired) electrons. The van der Waals surface area contributed by atoms with Gasteiger partial charge in [-0.25, -0.2) is 0 Å². The SMILES string of the molecule is C1=[CH][In]([c]2cc(/C=C/c3cncc(OCCNCc4c[nH]c5ccccc45)c3)ccn2)[CH2]C1. The van der Waals surface area contributed by atoms with Crippen molar-refractivity contribution in [3.05, 3.63) is 93.9 Å². The average molecular weight is 538 g/mol. The first-order chi connectivity index (χ1) is 16.3. The van der Waals surface area contributed by atoms with Crippen LogP contribution in [0.4, 0.5) is 0 Å². The first-order valence-electron chi connectivity index (χ1n) is 11.5. The zero-order chi connectivity index (χ0) is 22.3. The zero-order valence-electron chi connectivity index (χ0n) is 18.6. The van der Waals surface area contributed by atoms with Gasteiger partial charge in [0.1, 0.15) is 0 Å². The van der Waals surface area contributed by atoms with E-state index in [1.807, 2.05) is 24.5 Å². The van der Waals surface area contributed by atoms with Crippen LogP contribution >= 0.6 is 0 Å². The molecule has 0 amide bonds. The summed E-state index contributed by atoms with van der Waals surface area (Å²) in [4.78, 5) is 12.3. The van der Waals surface area contributed by atoms with E-state index in [4.69, 9.17) is 4.74 Å². The molecule has 1 aliphatic rings. The molecule has 0 unspecified atom stereocenters. The third-order valence-corrected chi connectivity index (χ3v) is 13.8. The normalized spacial score (nSPS) is 13.4. The number of rotatable bonds is 9. The molecule has 4 aromatic rings. The monoisotopic (exact) mass is 538 g/mol. The summed E-state index contributed by atoms with van der Waals surface area (Å²) in [5.74, 6) is 0.786. The zero-order valence-corrected chi connectivity index (χ0v) is 21.9. The topological polar surface area (TPSA) is 62.8 Å². The molecular weight excluding hydrogens is 511 g/mol. The maximum atomic E-state index is 5.92. The Labute approximate surface area is 202 Å². The van der Waals surface area contributed by atoms with Crippen molar-refractivity contribution < 1.29 is 4.74 Å². The number of nitrogens with one attached hydrogen (secondary N) is 2. The fourth-order valence-electron chi connectivity index (χ4n) is 4.19. The molecule has 1 aromatic carbocycles. The molecule has 3 aromatic heterocycles. The van der Waals surface area contributed by atoms with Crippen LogP contribution in [0.1, 0.15) is 23.1 Å². The van der Waals surface area contributed by atoms with Crippen molar-refractivity contribution in [2.45, 2.75) is 17.1 Å². The summed E-state index contributed by atoms with van der Waals surface area (Å²) in [6, 6.07) is 14.7. The predicted octanol–water partition coefficient (Wildman–Crippen LogP) is 4.50. The summed E-state index contributed by atoms with van der Waals surface area (Å²) in [6.07, 6.45) is 15.4. The predicted molar refractivity (Wildman–Crippen MR) is 137 cm³/mol. The van der Waals surface area contributed by atoms with E-state index in [1.165, 1.54) is 36.1 Å². The van der Waals surface area contributed by atoms with Crippen LogP contribution < -0.4 is 13.5 Å². The number of aromatic nitrogens is 3. The van der Waals surface area contributed by atoms with Gasteiger partial charge in [-0.05, 0) is 11.6 Å². The van der Waals surface area contributed by atoms with Crippen molar-refractivity contribution >= 4 is 47.9 Å². The molecule has 164 valence electrons. The Morgan fingerprint density at radius 1 is 1.09 bits per heavy atom. The molecule has 0 saturated carbocycles. The van der Waals surface area contributed by atoms with Crippen molar-refractivity contribution in [2.75, 3.05) is 13.2 Å². The van der Waals surface area contributed by atoms with Crippen LogP contribution in [0.25, 0.3) is 23.1 Å². The molecule has 0 aliphatic carbocycles. The maximum absolute atomic E-state index is 5.92. The van der Waals surface area contributed by atoms with Crippen molar-refractivity contribution in [3.8, 4) is 5.75 Å². The van der Waals surface area contributed by atoms with Gasteiger partial charge in [-0.3, -0.25) is 0 Å². The third kappa shape index (κ3) is 5.75. The van der Waals surface area contributed by atoms with Gasteiger partial charge in [-0.1, -0.05) is 18.2 Å². The van der Waals surface area contributed by atoms with Crippen LogP contribution in [0.3, 0.4) is 0 Å². The van der Waals surface area contributed by atoms with Gasteiger partial charge < -0.3 is 4.98 Å². The third-order valence-electron chi connectivity index (χ3n) is 5.94. The second-order valence-electron chi connectivity index (χ2n) is 8.30. The van der Waals surface area contributed by atoms with Crippen LogP contribution in [0.2, 0.25) is 4.18 Å². The number of hydrogen-bond acceptors (Lipinski definition) is 4. The Hall–Kier alpha value is -2.83. The number of H-pyrrole nitrogens is 1. The van der Waals surface area contributed by atoms with E-state index in [2.05, 4.69) is 78.9 Å². The number of benzene rings is 1. The Kier molecular flexibility index (Phi) is 7.24. The number of para-hydroxylation sites is 1. The van der Waals surface area contributed by atoms with Crippen molar-refractivity contribution in [1.82, 2.24) is 20.3 Å². The van der Waals surface area contributed by atoms with E-state index < -0.39 is 21.4 Å². The molecule has 5 nitrogen and oxygen atoms in total. The molecule has 0 saturated heterocycles. The minimum absolute atomic E-state index is 0.590. The summed E-state index contributed by atoms with van der Waals surface area (Å²) in [7, 11) is 0. The number of aromatic amines is 1. The Bertz CT molecular complexity index is 1280. The fraction of sp³-hybridized carbons (Fsp3) is 0.185. The fourth-order valence-corrected chi connectivity index (χ4v) is 11.2. The number of nitrogens with zero attached hydrogens (tertiary/aromatic N) is 2. The molecule has 5 rings (SSSR count). The van der Waals surface area contributed by atoms with E-state index in [9.17, 15) is 0 Å². The van der Waals surface area contributed by atoms with E-state index >= 15 is 0 Å². The Morgan fingerprint density at radius 3 is 2.97 bits per heavy atom. The molecule has 0 fully saturated rings. The molecule has 4 heterocycles. The average Bonchev–Trinajstić information content (AvgIpc) is 3.54. The van der Waals surface area contributed by atoms with Crippen molar-refractivity contribution in [3.63, 3.8) is 0 Å². The van der Waals surface area contributed by atoms with Crippen LogP contribution in [-0.4, -0.2) is 49.5 Å². The Morgan fingerprint density at radius 2 is 2.03 bits per heavy atom. The van der Waals surface area contributed by atoms with E-state index in [1.54, 1.807) is 6.20 Å². The van der Waals surface area contributed by atoms with E-state index in [-0.39, 0.29) is 0 Å².